The number of fused-ring (bicyclic) bond motifs is 1. The first kappa shape index (κ1) is 20.9. The Labute approximate surface area is 166 Å². The number of aromatic hydroxyl groups is 2. The summed E-state index contributed by atoms with van der Waals surface area (Å²) in [5, 5.41) is 18.9. The zero-order valence-electron chi connectivity index (χ0n) is 15.1. The summed E-state index contributed by atoms with van der Waals surface area (Å²) in [6.07, 6.45) is -3.42. The molecule has 3 aromatic rings. The maximum absolute atomic E-state index is 13.6. The van der Waals surface area contributed by atoms with Crippen LogP contribution in [0.4, 0.5) is 17.6 Å². The third-order valence-electron chi connectivity index (χ3n) is 4.13. The second kappa shape index (κ2) is 7.90. The summed E-state index contributed by atoms with van der Waals surface area (Å²) in [5.41, 5.74) is 2.64. The molecule has 30 heavy (non-hydrogen) atoms. The van der Waals surface area contributed by atoms with E-state index in [1.807, 2.05) is 0 Å². The molecule has 0 fully saturated rings. The second-order valence-corrected chi connectivity index (χ2v) is 6.16. The van der Waals surface area contributed by atoms with Crippen molar-refractivity contribution in [2.75, 3.05) is 0 Å². The van der Waals surface area contributed by atoms with Crippen molar-refractivity contribution in [3.05, 3.63) is 75.5 Å². The van der Waals surface area contributed by atoms with E-state index in [0.717, 1.165) is 24.5 Å². The monoisotopic (exact) mass is 422 g/mol. The normalized spacial score (nSPS) is 12.7. The van der Waals surface area contributed by atoms with E-state index in [-0.39, 0.29) is 12.1 Å². The number of alkyl halides is 3. The van der Waals surface area contributed by atoms with Crippen LogP contribution < -0.4 is 11.2 Å². The molecule has 156 valence electrons. The molecule has 0 amide bonds. The first-order valence-corrected chi connectivity index (χ1v) is 8.39. The van der Waals surface area contributed by atoms with Gasteiger partial charge in [0.15, 0.2) is 11.3 Å². The van der Waals surface area contributed by atoms with Crippen LogP contribution in [-0.2, 0) is 12.7 Å². The molecule has 0 unspecified atom stereocenters. The summed E-state index contributed by atoms with van der Waals surface area (Å²) in [4.78, 5) is 16.7. The van der Waals surface area contributed by atoms with Gasteiger partial charge in [-0.2, -0.15) is 13.2 Å². The van der Waals surface area contributed by atoms with E-state index < -0.39 is 51.2 Å². The number of aliphatic imine (C=N–C) groups is 1. The quantitative estimate of drug-likeness (QED) is 0.335. The first-order valence-electron chi connectivity index (χ1n) is 8.39. The first-order chi connectivity index (χ1) is 14.1. The van der Waals surface area contributed by atoms with Gasteiger partial charge in [0.05, 0.1) is 17.5 Å². The third-order valence-corrected chi connectivity index (χ3v) is 4.13. The van der Waals surface area contributed by atoms with E-state index in [4.69, 9.17) is 10.2 Å². The Morgan fingerprint density at radius 3 is 2.57 bits per heavy atom. The van der Waals surface area contributed by atoms with Crippen molar-refractivity contribution in [2.24, 2.45) is 10.7 Å². The van der Waals surface area contributed by atoms with Gasteiger partial charge in [-0.05, 0) is 29.8 Å². The molecule has 1 heterocycles. The van der Waals surface area contributed by atoms with Gasteiger partial charge in [0, 0.05) is 18.0 Å². The predicted octanol–water partition coefficient (Wildman–Crippen LogP) is 3.93. The third kappa shape index (κ3) is 3.97. The molecule has 10 heteroatoms. The average molecular weight is 422 g/mol. The van der Waals surface area contributed by atoms with Crippen LogP contribution >= 0.6 is 0 Å². The fourth-order valence-electron chi connectivity index (χ4n) is 2.77. The predicted molar refractivity (Wildman–Crippen MR) is 102 cm³/mol. The number of hydrogen-bond donors (Lipinski definition) is 3. The highest BCUT2D eigenvalue weighted by atomic mass is 19.4. The lowest BCUT2D eigenvalue weighted by Gasteiger charge is -2.13. The fourth-order valence-corrected chi connectivity index (χ4v) is 2.77. The molecule has 0 atom stereocenters. The van der Waals surface area contributed by atoms with Crippen LogP contribution in [0.2, 0.25) is 0 Å². The largest absolute Gasteiger partial charge is 0.504 e. The lowest BCUT2D eigenvalue weighted by atomic mass is 10.0. The summed E-state index contributed by atoms with van der Waals surface area (Å²) in [7, 11) is 0. The van der Waals surface area contributed by atoms with Crippen LogP contribution in [0.3, 0.4) is 0 Å². The van der Waals surface area contributed by atoms with Crippen molar-refractivity contribution in [2.45, 2.75) is 12.7 Å². The van der Waals surface area contributed by atoms with E-state index in [1.165, 1.54) is 18.2 Å². The summed E-state index contributed by atoms with van der Waals surface area (Å²) >= 11 is 0. The zero-order chi connectivity index (χ0) is 22.1. The molecule has 0 aliphatic carbocycles. The Balaban J connectivity index is 2.14. The van der Waals surface area contributed by atoms with Crippen molar-refractivity contribution in [3.63, 3.8) is 0 Å². The van der Waals surface area contributed by atoms with Crippen LogP contribution in [0, 0.1) is 5.82 Å². The smallest absolute Gasteiger partial charge is 0.450 e. The van der Waals surface area contributed by atoms with Crippen molar-refractivity contribution in [1.82, 2.24) is 0 Å². The Hall–Kier alpha value is -3.82. The molecule has 0 bridgehead atoms. The number of hydrogen-bond acceptors (Lipinski definition) is 6. The Bertz CT molecular complexity index is 1230. The van der Waals surface area contributed by atoms with Gasteiger partial charge in [-0.1, -0.05) is 12.1 Å². The highest BCUT2D eigenvalue weighted by Gasteiger charge is 2.40. The van der Waals surface area contributed by atoms with E-state index in [9.17, 15) is 32.6 Å². The van der Waals surface area contributed by atoms with Gasteiger partial charge in [0.1, 0.15) is 5.82 Å². The van der Waals surface area contributed by atoms with E-state index >= 15 is 0 Å². The van der Waals surface area contributed by atoms with Crippen molar-refractivity contribution < 1.29 is 32.2 Å². The second-order valence-electron chi connectivity index (χ2n) is 6.16. The van der Waals surface area contributed by atoms with Crippen molar-refractivity contribution in [3.8, 4) is 11.5 Å². The zero-order valence-corrected chi connectivity index (χ0v) is 15.1. The number of benzene rings is 2. The molecule has 0 radical (unpaired) electrons. The molecule has 1 aromatic heterocycles. The maximum atomic E-state index is 13.6. The SMILES string of the molecule is N/C=C(\C=NCc1cccc(F)c1)c1c(C(F)(F)F)oc2c(O)c(O)ccc2c1=O. The number of nitrogens with two attached hydrogens (primary N) is 1. The van der Waals surface area contributed by atoms with E-state index in [1.54, 1.807) is 6.07 Å². The number of nitrogens with zero attached hydrogens (tertiary/aromatic N) is 1. The number of halogens is 4. The van der Waals surface area contributed by atoms with Gasteiger partial charge in [0.25, 0.3) is 0 Å². The topological polar surface area (TPSA) is 109 Å². The molecule has 0 saturated heterocycles. The van der Waals surface area contributed by atoms with Gasteiger partial charge in [-0.3, -0.25) is 9.79 Å². The molecule has 0 aliphatic rings. The van der Waals surface area contributed by atoms with Crippen molar-refractivity contribution in [1.29, 1.82) is 0 Å². The Kier molecular flexibility index (Phi) is 5.50. The van der Waals surface area contributed by atoms with Gasteiger partial charge in [0.2, 0.25) is 16.9 Å². The molecule has 2 aromatic carbocycles. The molecule has 6 nitrogen and oxygen atoms in total. The minimum Gasteiger partial charge on any atom is -0.504 e. The van der Waals surface area contributed by atoms with Gasteiger partial charge in [-0.25, -0.2) is 4.39 Å². The maximum Gasteiger partial charge on any atom is 0.450 e. The molecule has 0 saturated carbocycles. The van der Waals surface area contributed by atoms with Gasteiger partial charge >= 0.3 is 6.18 Å². The van der Waals surface area contributed by atoms with Crippen LogP contribution in [0.15, 0.2) is 56.8 Å². The molecule has 3 rings (SSSR count). The molecular weight excluding hydrogens is 408 g/mol. The lowest BCUT2D eigenvalue weighted by Crippen LogP contribution is -2.19. The fraction of sp³-hybridized carbons (Fsp3) is 0.100. The van der Waals surface area contributed by atoms with Crippen LogP contribution in [0.5, 0.6) is 11.5 Å². The molecule has 0 spiro atoms. The minimum atomic E-state index is -5.12. The summed E-state index contributed by atoms with van der Waals surface area (Å²) in [6, 6.07) is 7.38. The summed E-state index contributed by atoms with van der Waals surface area (Å²) in [5.74, 6) is -3.97. The lowest BCUT2D eigenvalue weighted by molar-refractivity contribution is -0.153. The summed E-state index contributed by atoms with van der Waals surface area (Å²) in [6.45, 7) is -0.0793. The van der Waals surface area contributed by atoms with Gasteiger partial charge < -0.3 is 20.4 Å². The van der Waals surface area contributed by atoms with E-state index in [2.05, 4.69) is 4.99 Å². The average Bonchev–Trinajstić information content (AvgIpc) is 2.68. The Morgan fingerprint density at radius 2 is 1.93 bits per heavy atom. The highest BCUT2D eigenvalue weighted by Crippen LogP contribution is 2.39. The number of phenolic OH excluding ortho intramolecular Hbond substituents is 2. The minimum absolute atomic E-state index is 0.0793. The van der Waals surface area contributed by atoms with Crippen LogP contribution in [0.1, 0.15) is 16.9 Å². The number of phenols is 2. The molecule has 0 aliphatic heterocycles. The van der Waals surface area contributed by atoms with Crippen LogP contribution in [-0.4, -0.2) is 16.4 Å². The molecular formula is C20H14F4N2O4. The Morgan fingerprint density at radius 1 is 1.20 bits per heavy atom. The molecule has 4 N–H and O–H groups in total. The number of rotatable bonds is 4. The van der Waals surface area contributed by atoms with Crippen molar-refractivity contribution >= 4 is 22.8 Å². The standard InChI is InChI=1S/C20H14F4N2O4/c21-12-3-1-2-10(6-12)8-26-9-11(7-25)15-16(28)13-4-5-14(27)17(29)18(13)30-19(15)20(22,23)24/h1-7,9,27,29H,8,25H2/b11-7+,26-9?. The van der Waals surface area contributed by atoms with E-state index in [0.29, 0.717) is 5.56 Å². The summed E-state index contributed by atoms with van der Waals surface area (Å²) < 4.78 is 58.8. The highest BCUT2D eigenvalue weighted by molar-refractivity contribution is 6.10. The van der Waals surface area contributed by atoms with Gasteiger partial charge in [-0.15, -0.1) is 0 Å². The van der Waals surface area contributed by atoms with Crippen LogP contribution in [0.25, 0.3) is 16.5 Å². The number of allylic oxidation sites excluding steroid dienone is 1.